The van der Waals surface area contributed by atoms with Gasteiger partial charge in [0, 0.05) is 36.8 Å². The first-order valence-electron chi connectivity index (χ1n) is 11.3. The summed E-state index contributed by atoms with van der Waals surface area (Å²) in [6.07, 6.45) is 4.31. The third-order valence-corrected chi connectivity index (χ3v) is 6.39. The van der Waals surface area contributed by atoms with Crippen LogP contribution in [-0.2, 0) is 6.54 Å². The molecule has 0 saturated carbocycles. The number of carbonyl (C=O) groups is 2. The number of piperidine rings is 1. The number of fused-ring (bicyclic) bond motifs is 1. The molecule has 2 amide bonds. The van der Waals surface area contributed by atoms with Crippen LogP contribution >= 0.6 is 11.8 Å². The van der Waals surface area contributed by atoms with Crippen molar-refractivity contribution in [3.63, 3.8) is 0 Å². The molecule has 4 rings (SSSR count). The summed E-state index contributed by atoms with van der Waals surface area (Å²) in [6, 6.07) is 7.18. The largest absolute Gasteiger partial charge is 0.465 e. The summed E-state index contributed by atoms with van der Waals surface area (Å²) in [5.41, 5.74) is 3.29. The smallest absolute Gasteiger partial charge is 0.407 e. The number of nitrogens with one attached hydrogen (secondary N) is 2. The molecule has 1 unspecified atom stereocenters. The van der Waals surface area contributed by atoms with Crippen molar-refractivity contribution in [1.82, 2.24) is 29.8 Å². The molecule has 180 valence electrons. The average Bonchev–Trinajstić information content (AvgIpc) is 3.27. The van der Waals surface area contributed by atoms with Crippen molar-refractivity contribution < 1.29 is 14.7 Å². The minimum Gasteiger partial charge on any atom is -0.465 e. The quantitative estimate of drug-likeness (QED) is 0.437. The molecule has 0 bridgehead atoms. The number of benzene rings is 1. The lowest BCUT2D eigenvalue weighted by Crippen LogP contribution is -2.49. The Bertz CT molecular complexity index is 1200. The minimum atomic E-state index is -0.951. The first-order valence-corrected chi connectivity index (χ1v) is 12.5. The zero-order chi connectivity index (χ0) is 24.2. The highest BCUT2D eigenvalue weighted by molar-refractivity contribution is 7.98. The number of aromatic nitrogens is 4. The van der Waals surface area contributed by atoms with Gasteiger partial charge in [0.05, 0.1) is 6.20 Å². The van der Waals surface area contributed by atoms with E-state index < -0.39 is 6.09 Å². The van der Waals surface area contributed by atoms with Crippen molar-refractivity contribution in [2.24, 2.45) is 0 Å². The van der Waals surface area contributed by atoms with E-state index in [9.17, 15) is 14.7 Å². The summed E-state index contributed by atoms with van der Waals surface area (Å²) in [5.74, 6) is 0.672. The molecule has 0 spiro atoms. The second kappa shape index (κ2) is 10.3. The van der Waals surface area contributed by atoms with E-state index in [-0.39, 0.29) is 17.9 Å². The normalized spacial score (nSPS) is 16.1. The van der Waals surface area contributed by atoms with Gasteiger partial charge in [-0.25, -0.2) is 9.78 Å². The molecular weight excluding hydrogens is 454 g/mol. The van der Waals surface area contributed by atoms with Crippen molar-refractivity contribution in [2.75, 3.05) is 24.7 Å². The summed E-state index contributed by atoms with van der Waals surface area (Å²) in [4.78, 5) is 34.6. The van der Waals surface area contributed by atoms with Gasteiger partial charge in [0.2, 0.25) is 5.95 Å². The molecule has 10 nitrogen and oxygen atoms in total. The van der Waals surface area contributed by atoms with E-state index in [2.05, 4.69) is 39.5 Å². The Labute approximate surface area is 202 Å². The van der Waals surface area contributed by atoms with Crippen molar-refractivity contribution >= 4 is 35.4 Å². The average molecular weight is 484 g/mol. The van der Waals surface area contributed by atoms with E-state index in [0.717, 1.165) is 29.6 Å². The van der Waals surface area contributed by atoms with E-state index in [1.165, 1.54) is 16.7 Å². The third kappa shape index (κ3) is 5.24. The Kier molecular flexibility index (Phi) is 7.20. The Balaban J connectivity index is 1.46. The number of carbonyl (C=O) groups excluding carboxylic acids is 1. The summed E-state index contributed by atoms with van der Waals surface area (Å²) in [5, 5.41) is 20.6. The van der Waals surface area contributed by atoms with Crippen LogP contribution in [0.3, 0.4) is 0 Å². The molecular formula is C23H29N7O3S. The number of likely N-dealkylation sites (tertiary alicyclic amines) is 1. The van der Waals surface area contributed by atoms with Crippen LogP contribution in [0, 0.1) is 0 Å². The van der Waals surface area contributed by atoms with Crippen molar-refractivity contribution in [1.29, 1.82) is 0 Å². The van der Waals surface area contributed by atoms with Crippen LogP contribution in [0.1, 0.15) is 54.1 Å². The monoisotopic (exact) mass is 483 g/mol. The van der Waals surface area contributed by atoms with Gasteiger partial charge in [-0.15, -0.1) is 0 Å². The van der Waals surface area contributed by atoms with Crippen molar-refractivity contribution in [3.8, 4) is 0 Å². The fourth-order valence-corrected chi connectivity index (χ4v) is 4.38. The summed E-state index contributed by atoms with van der Waals surface area (Å²) in [7, 11) is 0. The highest BCUT2D eigenvalue weighted by atomic mass is 32.2. The number of hydrogen-bond acceptors (Lipinski definition) is 7. The number of carboxylic acid groups (broad SMARTS) is 1. The molecule has 0 radical (unpaired) electrons. The fraction of sp³-hybridized carbons (Fsp3) is 0.435. The lowest BCUT2D eigenvalue weighted by Gasteiger charge is -2.31. The Morgan fingerprint density at radius 3 is 2.85 bits per heavy atom. The number of amides is 2. The molecule has 3 N–H and O–H groups in total. The van der Waals surface area contributed by atoms with Crippen LogP contribution in [0.15, 0.2) is 35.6 Å². The first-order chi connectivity index (χ1) is 16.4. The molecule has 0 aliphatic carbocycles. The SMILES string of the molecule is CSc1nc(NCc2cccc(C(=O)NC3CCCN(C(=O)O)C3)c2)n2ncc(C(C)C)c2n1. The molecule has 1 aliphatic rings. The Morgan fingerprint density at radius 1 is 1.29 bits per heavy atom. The molecule has 34 heavy (non-hydrogen) atoms. The van der Waals surface area contributed by atoms with Gasteiger partial charge in [0.25, 0.3) is 5.91 Å². The van der Waals surface area contributed by atoms with Crippen LogP contribution in [-0.4, -0.2) is 67.0 Å². The topological polar surface area (TPSA) is 125 Å². The molecule has 1 saturated heterocycles. The predicted molar refractivity (Wildman–Crippen MR) is 131 cm³/mol. The van der Waals surface area contributed by atoms with Gasteiger partial charge in [-0.3, -0.25) is 4.79 Å². The first kappa shape index (κ1) is 23.8. The summed E-state index contributed by atoms with van der Waals surface area (Å²) >= 11 is 1.47. The molecule has 1 aromatic carbocycles. The maximum Gasteiger partial charge on any atom is 0.407 e. The Hall–Kier alpha value is -3.34. The van der Waals surface area contributed by atoms with E-state index in [0.29, 0.717) is 36.3 Å². The zero-order valence-corrected chi connectivity index (χ0v) is 20.3. The summed E-state index contributed by atoms with van der Waals surface area (Å²) < 4.78 is 1.71. The number of anilines is 1. The minimum absolute atomic E-state index is 0.187. The van der Waals surface area contributed by atoms with Crippen LogP contribution in [0.2, 0.25) is 0 Å². The van der Waals surface area contributed by atoms with Crippen molar-refractivity contribution in [3.05, 3.63) is 47.2 Å². The molecule has 1 fully saturated rings. The standard InChI is InChI=1S/C23H29N7O3S/c1-14(2)18-12-25-30-19(18)27-22(34-3)28-21(30)24-11-15-6-4-7-16(10-15)20(31)26-17-8-5-9-29(13-17)23(32)33/h4,6-7,10,12,14,17H,5,8-9,11,13H2,1-3H3,(H,26,31)(H,32,33)(H,24,27,28). The van der Waals surface area contributed by atoms with Gasteiger partial charge in [0.1, 0.15) is 0 Å². The third-order valence-electron chi connectivity index (χ3n) is 5.85. The maximum atomic E-state index is 12.8. The molecule has 3 heterocycles. The number of hydrogen-bond donors (Lipinski definition) is 3. The van der Waals surface area contributed by atoms with E-state index in [1.807, 2.05) is 30.7 Å². The van der Waals surface area contributed by atoms with Crippen LogP contribution in [0.25, 0.3) is 5.65 Å². The highest BCUT2D eigenvalue weighted by Crippen LogP contribution is 2.23. The van der Waals surface area contributed by atoms with E-state index in [1.54, 1.807) is 10.6 Å². The number of nitrogens with zero attached hydrogens (tertiary/aromatic N) is 5. The zero-order valence-electron chi connectivity index (χ0n) is 19.5. The number of rotatable bonds is 7. The van der Waals surface area contributed by atoms with Crippen molar-refractivity contribution in [2.45, 2.75) is 50.4 Å². The van der Waals surface area contributed by atoms with Gasteiger partial charge in [-0.05, 0) is 42.7 Å². The summed E-state index contributed by atoms with van der Waals surface area (Å²) in [6.45, 7) is 5.48. The van der Waals surface area contributed by atoms with Gasteiger partial charge >= 0.3 is 6.09 Å². The lowest BCUT2D eigenvalue weighted by atomic mass is 10.0. The fourth-order valence-electron chi connectivity index (χ4n) is 4.03. The molecule has 3 aromatic rings. The van der Waals surface area contributed by atoms with Crippen LogP contribution < -0.4 is 10.6 Å². The molecule has 1 atom stereocenters. The van der Waals surface area contributed by atoms with Gasteiger partial charge < -0.3 is 20.6 Å². The predicted octanol–water partition coefficient (Wildman–Crippen LogP) is 3.45. The lowest BCUT2D eigenvalue weighted by molar-refractivity contribution is 0.0888. The second-order valence-corrected chi connectivity index (χ2v) is 9.39. The van der Waals surface area contributed by atoms with Gasteiger partial charge in [-0.1, -0.05) is 37.7 Å². The maximum absolute atomic E-state index is 12.8. The van der Waals surface area contributed by atoms with E-state index >= 15 is 0 Å². The highest BCUT2D eigenvalue weighted by Gasteiger charge is 2.24. The number of thioether (sulfide) groups is 1. The van der Waals surface area contributed by atoms with Gasteiger partial charge in [0.15, 0.2) is 10.8 Å². The molecule has 1 aliphatic heterocycles. The molecule has 2 aromatic heterocycles. The van der Waals surface area contributed by atoms with E-state index in [4.69, 9.17) is 0 Å². The van der Waals surface area contributed by atoms with Crippen LogP contribution in [0.4, 0.5) is 10.7 Å². The second-order valence-electron chi connectivity index (χ2n) is 8.62. The van der Waals surface area contributed by atoms with Gasteiger partial charge in [-0.2, -0.15) is 14.6 Å². The molecule has 11 heteroatoms. The Morgan fingerprint density at radius 2 is 2.12 bits per heavy atom. The van der Waals surface area contributed by atoms with Crippen LogP contribution in [0.5, 0.6) is 0 Å².